The van der Waals surface area contributed by atoms with Crippen molar-refractivity contribution in [2.45, 2.75) is 13.5 Å². The minimum atomic E-state index is -0.229. The predicted molar refractivity (Wildman–Crippen MR) is 77.4 cm³/mol. The van der Waals surface area contributed by atoms with Crippen LogP contribution in [0.4, 0.5) is 5.69 Å². The summed E-state index contributed by atoms with van der Waals surface area (Å²) >= 11 is 0. The van der Waals surface area contributed by atoms with E-state index in [9.17, 15) is 4.79 Å². The summed E-state index contributed by atoms with van der Waals surface area (Å²) in [6.45, 7) is 2.22. The molecule has 104 valence electrons. The summed E-state index contributed by atoms with van der Waals surface area (Å²) in [6, 6.07) is 9.23. The van der Waals surface area contributed by atoms with Crippen molar-refractivity contribution in [3.05, 3.63) is 53.9 Å². The van der Waals surface area contributed by atoms with Gasteiger partial charge in [0.15, 0.2) is 6.61 Å². The summed E-state index contributed by atoms with van der Waals surface area (Å²) in [5, 5.41) is 2.76. The molecule has 0 aliphatic rings. The average Bonchev–Trinajstić information content (AvgIpc) is 2.48. The van der Waals surface area contributed by atoms with Crippen molar-refractivity contribution in [2.75, 3.05) is 11.9 Å². The van der Waals surface area contributed by atoms with Crippen molar-refractivity contribution in [3.8, 4) is 5.75 Å². The fourth-order valence-electron chi connectivity index (χ4n) is 1.74. The zero-order valence-corrected chi connectivity index (χ0v) is 11.3. The highest BCUT2D eigenvalue weighted by Crippen LogP contribution is 2.17. The summed E-state index contributed by atoms with van der Waals surface area (Å²) in [7, 11) is 0. The minimum absolute atomic E-state index is 0.0641. The minimum Gasteiger partial charge on any atom is -0.483 e. The van der Waals surface area contributed by atoms with Gasteiger partial charge in [-0.1, -0.05) is 18.2 Å². The predicted octanol–water partition coefficient (Wildman–Crippen LogP) is 1.87. The van der Waals surface area contributed by atoms with Gasteiger partial charge in [0.25, 0.3) is 5.91 Å². The molecule has 0 bridgehead atoms. The molecule has 0 aliphatic heterocycles. The normalized spacial score (nSPS) is 10.1. The van der Waals surface area contributed by atoms with Gasteiger partial charge in [-0.3, -0.25) is 9.78 Å². The molecule has 1 heterocycles. The lowest BCUT2D eigenvalue weighted by molar-refractivity contribution is -0.118. The Morgan fingerprint density at radius 1 is 1.35 bits per heavy atom. The van der Waals surface area contributed by atoms with E-state index in [1.807, 2.05) is 31.2 Å². The van der Waals surface area contributed by atoms with Crippen LogP contribution >= 0.6 is 0 Å². The molecule has 0 saturated carbocycles. The van der Waals surface area contributed by atoms with Crippen LogP contribution in [-0.4, -0.2) is 17.5 Å². The van der Waals surface area contributed by atoms with Crippen LogP contribution in [0.1, 0.15) is 11.1 Å². The zero-order chi connectivity index (χ0) is 14.4. The number of hydrogen-bond donors (Lipinski definition) is 2. The molecule has 0 aliphatic carbocycles. The van der Waals surface area contributed by atoms with Crippen molar-refractivity contribution < 1.29 is 9.53 Å². The van der Waals surface area contributed by atoms with Gasteiger partial charge in [0.05, 0.1) is 11.9 Å². The van der Waals surface area contributed by atoms with E-state index in [1.54, 1.807) is 18.5 Å². The Bertz CT molecular complexity index is 599. The van der Waals surface area contributed by atoms with Gasteiger partial charge in [-0.2, -0.15) is 0 Å². The first kappa shape index (κ1) is 14.0. The first-order valence-corrected chi connectivity index (χ1v) is 6.32. The van der Waals surface area contributed by atoms with Gasteiger partial charge in [-0.05, 0) is 24.6 Å². The number of aryl methyl sites for hydroxylation is 1. The first-order chi connectivity index (χ1) is 9.70. The molecule has 3 N–H and O–H groups in total. The van der Waals surface area contributed by atoms with Crippen molar-refractivity contribution in [1.82, 2.24) is 4.98 Å². The fraction of sp³-hybridized carbons (Fsp3) is 0.200. The van der Waals surface area contributed by atoms with Crippen LogP contribution in [0.2, 0.25) is 0 Å². The molecule has 5 nitrogen and oxygen atoms in total. The molecule has 1 aromatic heterocycles. The number of para-hydroxylation sites is 1. The van der Waals surface area contributed by atoms with Crippen LogP contribution < -0.4 is 15.8 Å². The number of rotatable bonds is 5. The van der Waals surface area contributed by atoms with E-state index < -0.39 is 0 Å². The van der Waals surface area contributed by atoms with E-state index in [1.165, 1.54) is 0 Å². The highest BCUT2D eigenvalue weighted by Gasteiger charge is 2.07. The Kier molecular flexibility index (Phi) is 4.68. The lowest BCUT2D eigenvalue weighted by atomic mass is 10.2. The summed E-state index contributed by atoms with van der Waals surface area (Å²) in [4.78, 5) is 15.8. The van der Waals surface area contributed by atoms with Crippen LogP contribution in [0.3, 0.4) is 0 Å². The van der Waals surface area contributed by atoms with Crippen LogP contribution in [0.25, 0.3) is 0 Å². The van der Waals surface area contributed by atoms with Crippen molar-refractivity contribution in [1.29, 1.82) is 0 Å². The van der Waals surface area contributed by atoms with Crippen molar-refractivity contribution in [2.24, 2.45) is 5.73 Å². The van der Waals surface area contributed by atoms with Crippen LogP contribution in [0.5, 0.6) is 5.75 Å². The zero-order valence-electron chi connectivity index (χ0n) is 11.3. The highest BCUT2D eigenvalue weighted by molar-refractivity contribution is 5.92. The molecule has 1 aromatic carbocycles. The summed E-state index contributed by atoms with van der Waals surface area (Å²) in [6.07, 6.45) is 3.29. The SMILES string of the molecule is Cc1ccncc1NC(=O)COc1ccccc1CN. The van der Waals surface area contributed by atoms with Gasteiger partial charge in [0, 0.05) is 18.3 Å². The highest BCUT2D eigenvalue weighted by atomic mass is 16.5. The van der Waals surface area contributed by atoms with Crippen LogP contribution in [-0.2, 0) is 11.3 Å². The second-order valence-electron chi connectivity index (χ2n) is 4.34. The fourth-order valence-corrected chi connectivity index (χ4v) is 1.74. The first-order valence-electron chi connectivity index (χ1n) is 6.32. The summed E-state index contributed by atoms with van der Waals surface area (Å²) in [5.74, 6) is 0.404. The maximum absolute atomic E-state index is 11.8. The molecule has 5 heteroatoms. The number of hydrogen-bond acceptors (Lipinski definition) is 4. The standard InChI is InChI=1S/C15H17N3O2/c1-11-6-7-17-9-13(11)18-15(19)10-20-14-5-3-2-4-12(14)8-16/h2-7,9H,8,10,16H2,1H3,(H,18,19). The number of nitrogens with one attached hydrogen (secondary N) is 1. The number of carbonyl (C=O) groups excluding carboxylic acids is 1. The average molecular weight is 271 g/mol. The van der Waals surface area contributed by atoms with Gasteiger partial charge >= 0.3 is 0 Å². The third-order valence-corrected chi connectivity index (χ3v) is 2.86. The van der Waals surface area contributed by atoms with Gasteiger partial charge in [-0.25, -0.2) is 0 Å². The summed E-state index contributed by atoms with van der Waals surface area (Å²) in [5.41, 5.74) is 8.13. The van der Waals surface area contributed by atoms with E-state index in [2.05, 4.69) is 10.3 Å². The van der Waals surface area contributed by atoms with Crippen LogP contribution in [0, 0.1) is 6.92 Å². The van der Waals surface area contributed by atoms with Gasteiger partial charge in [0.1, 0.15) is 5.75 Å². The number of anilines is 1. The largest absolute Gasteiger partial charge is 0.483 e. The Balaban J connectivity index is 1.94. The van der Waals surface area contributed by atoms with Crippen molar-refractivity contribution in [3.63, 3.8) is 0 Å². The number of pyridine rings is 1. The number of aromatic nitrogens is 1. The number of nitrogens with zero attached hydrogens (tertiary/aromatic N) is 1. The molecule has 0 fully saturated rings. The van der Waals surface area contributed by atoms with Gasteiger partial charge in [0.2, 0.25) is 0 Å². The molecule has 20 heavy (non-hydrogen) atoms. The third-order valence-electron chi connectivity index (χ3n) is 2.86. The Morgan fingerprint density at radius 3 is 2.90 bits per heavy atom. The molecule has 1 amide bonds. The number of carbonyl (C=O) groups is 1. The Hall–Kier alpha value is -2.40. The molecule has 0 saturated heterocycles. The quantitative estimate of drug-likeness (QED) is 0.870. The smallest absolute Gasteiger partial charge is 0.262 e. The number of benzene rings is 1. The molecule has 0 atom stereocenters. The molecule has 0 unspecified atom stereocenters. The van der Waals surface area contributed by atoms with Gasteiger partial charge in [-0.15, -0.1) is 0 Å². The van der Waals surface area contributed by atoms with E-state index >= 15 is 0 Å². The second-order valence-corrected chi connectivity index (χ2v) is 4.34. The molecule has 2 rings (SSSR count). The Labute approximate surface area is 117 Å². The Morgan fingerprint density at radius 2 is 2.15 bits per heavy atom. The molecule has 0 spiro atoms. The molecule has 0 radical (unpaired) electrons. The van der Waals surface area contributed by atoms with E-state index in [4.69, 9.17) is 10.5 Å². The third kappa shape index (κ3) is 3.55. The lowest BCUT2D eigenvalue weighted by Gasteiger charge is -2.11. The van der Waals surface area contributed by atoms with E-state index in [0.29, 0.717) is 18.0 Å². The number of amides is 1. The number of ether oxygens (including phenoxy) is 1. The summed E-state index contributed by atoms with van der Waals surface area (Å²) < 4.78 is 5.49. The molecular formula is C15H17N3O2. The van der Waals surface area contributed by atoms with E-state index in [0.717, 1.165) is 11.1 Å². The molecule has 2 aromatic rings. The lowest BCUT2D eigenvalue weighted by Crippen LogP contribution is -2.21. The van der Waals surface area contributed by atoms with E-state index in [-0.39, 0.29) is 12.5 Å². The van der Waals surface area contributed by atoms with Gasteiger partial charge < -0.3 is 15.8 Å². The molecular weight excluding hydrogens is 254 g/mol. The van der Waals surface area contributed by atoms with Crippen LogP contribution in [0.15, 0.2) is 42.7 Å². The number of nitrogens with two attached hydrogens (primary N) is 1. The monoisotopic (exact) mass is 271 g/mol. The maximum atomic E-state index is 11.8. The second kappa shape index (κ2) is 6.68. The van der Waals surface area contributed by atoms with Crippen molar-refractivity contribution >= 4 is 11.6 Å². The topological polar surface area (TPSA) is 77.2 Å². The maximum Gasteiger partial charge on any atom is 0.262 e.